The number of carbonyl (C=O) groups excluding carboxylic acids is 2. The van der Waals surface area contributed by atoms with E-state index in [1.807, 2.05) is 6.07 Å². The fourth-order valence-electron chi connectivity index (χ4n) is 1.91. The van der Waals surface area contributed by atoms with E-state index in [0.717, 1.165) is 0 Å². The van der Waals surface area contributed by atoms with E-state index in [1.54, 1.807) is 37.3 Å². The molecule has 0 spiro atoms. The lowest BCUT2D eigenvalue weighted by Gasteiger charge is -2.23. The van der Waals surface area contributed by atoms with Gasteiger partial charge in [0.15, 0.2) is 0 Å². The highest BCUT2D eigenvalue weighted by molar-refractivity contribution is 5.97. The first-order chi connectivity index (χ1) is 10.5. The van der Waals surface area contributed by atoms with Crippen LogP contribution in [0.25, 0.3) is 0 Å². The summed E-state index contributed by atoms with van der Waals surface area (Å²) in [4.78, 5) is 25.9. The van der Waals surface area contributed by atoms with Gasteiger partial charge in [0, 0.05) is 18.7 Å². The zero-order valence-electron chi connectivity index (χ0n) is 12.6. The maximum atomic E-state index is 12.3. The van der Waals surface area contributed by atoms with Gasteiger partial charge >= 0.3 is 0 Å². The highest BCUT2D eigenvalue weighted by atomic mass is 16.2. The number of nitriles is 1. The summed E-state index contributed by atoms with van der Waals surface area (Å²) in [5, 5.41) is 11.5. The Hall–Kier alpha value is -2.87. The van der Waals surface area contributed by atoms with E-state index < -0.39 is 11.9 Å². The van der Waals surface area contributed by atoms with Crippen molar-refractivity contribution < 1.29 is 9.59 Å². The molecule has 0 aliphatic heterocycles. The van der Waals surface area contributed by atoms with Gasteiger partial charge in [0.1, 0.15) is 6.04 Å². The van der Waals surface area contributed by atoms with Crippen LogP contribution in [0.15, 0.2) is 49.6 Å². The van der Waals surface area contributed by atoms with Gasteiger partial charge in [0.25, 0.3) is 5.91 Å². The highest BCUT2D eigenvalue weighted by Gasteiger charge is 2.21. The monoisotopic (exact) mass is 297 g/mol. The second kappa shape index (κ2) is 8.42. The van der Waals surface area contributed by atoms with Crippen molar-refractivity contribution >= 4 is 11.8 Å². The Morgan fingerprint density at radius 1 is 1.36 bits per heavy atom. The average Bonchev–Trinajstić information content (AvgIpc) is 2.53. The Labute approximate surface area is 130 Å². The van der Waals surface area contributed by atoms with Gasteiger partial charge in [-0.25, -0.2) is 0 Å². The molecule has 1 aromatic rings. The number of nitrogens with zero attached hydrogens (tertiary/aromatic N) is 2. The third-order valence-corrected chi connectivity index (χ3v) is 2.98. The fourth-order valence-corrected chi connectivity index (χ4v) is 1.91. The first-order valence-corrected chi connectivity index (χ1v) is 6.85. The molecule has 0 saturated carbocycles. The Kier molecular flexibility index (Phi) is 6.58. The van der Waals surface area contributed by atoms with Crippen LogP contribution in [0.4, 0.5) is 0 Å². The topological polar surface area (TPSA) is 73.2 Å². The summed E-state index contributed by atoms with van der Waals surface area (Å²) in [6, 6.07) is 7.61. The molecule has 5 heteroatoms. The highest BCUT2D eigenvalue weighted by Crippen LogP contribution is 2.05. The number of carbonyl (C=O) groups is 2. The summed E-state index contributed by atoms with van der Waals surface area (Å²) in [6.07, 6.45) is 3.23. The van der Waals surface area contributed by atoms with E-state index in [-0.39, 0.29) is 5.91 Å². The van der Waals surface area contributed by atoms with Crippen molar-refractivity contribution in [3.05, 3.63) is 60.7 Å². The van der Waals surface area contributed by atoms with E-state index in [9.17, 15) is 9.59 Å². The van der Waals surface area contributed by atoms with Crippen LogP contribution in [0.2, 0.25) is 0 Å². The van der Waals surface area contributed by atoms with Crippen LogP contribution < -0.4 is 5.32 Å². The molecule has 114 valence electrons. The van der Waals surface area contributed by atoms with Crippen LogP contribution in [0.1, 0.15) is 22.8 Å². The van der Waals surface area contributed by atoms with Crippen LogP contribution in [-0.2, 0) is 4.79 Å². The largest absolute Gasteiger partial charge is 0.341 e. The van der Waals surface area contributed by atoms with E-state index in [4.69, 9.17) is 5.26 Å². The van der Waals surface area contributed by atoms with Crippen LogP contribution >= 0.6 is 0 Å². The van der Waals surface area contributed by atoms with Crippen molar-refractivity contribution in [3.63, 3.8) is 0 Å². The number of amides is 2. The standard InChI is InChI=1S/C17H19N3O2/c1-4-9-20(10-5-2)17(22)13(3)19-16(21)15-8-6-7-14(11-15)12-18/h4-8,11,13H,1-2,9-10H2,3H3,(H,19,21). The summed E-state index contributed by atoms with van der Waals surface area (Å²) < 4.78 is 0. The molecule has 0 fully saturated rings. The van der Waals surface area contributed by atoms with Gasteiger partial charge < -0.3 is 10.2 Å². The lowest BCUT2D eigenvalue weighted by Crippen LogP contribution is -2.47. The Balaban J connectivity index is 2.77. The van der Waals surface area contributed by atoms with Crippen LogP contribution in [0.5, 0.6) is 0 Å². The van der Waals surface area contributed by atoms with Crippen molar-refractivity contribution in [1.29, 1.82) is 5.26 Å². The zero-order valence-corrected chi connectivity index (χ0v) is 12.6. The predicted octanol–water partition coefficient (Wildman–Crippen LogP) is 1.88. The third-order valence-electron chi connectivity index (χ3n) is 2.98. The fraction of sp³-hybridized carbons (Fsp3) is 0.235. The second-order valence-electron chi connectivity index (χ2n) is 4.71. The number of rotatable bonds is 7. The Bertz CT molecular complexity index is 607. The van der Waals surface area contributed by atoms with Gasteiger partial charge in [-0.1, -0.05) is 18.2 Å². The number of benzene rings is 1. The average molecular weight is 297 g/mol. The molecule has 1 unspecified atom stereocenters. The van der Waals surface area contributed by atoms with Gasteiger partial charge in [0.05, 0.1) is 11.6 Å². The maximum Gasteiger partial charge on any atom is 0.251 e. The molecule has 2 amide bonds. The summed E-state index contributed by atoms with van der Waals surface area (Å²) in [7, 11) is 0. The van der Waals surface area contributed by atoms with Gasteiger partial charge in [-0.15, -0.1) is 13.2 Å². The minimum absolute atomic E-state index is 0.218. The number of hydrogen-bond donors (Lipinski definition) is 1. The summed E-state index contributed by atoms with van der Waals surface area (Å²) in [5.74, 6) is -0.611. The van der Waals surface area contributed by atoms with Gasteiger partial charge in [-0.05, 0) is 25.1 Å². The molecule has 1 atom stereocenters. The normalized spacial score (nSPS) is 10.9. The zero-order chi connectivity index (χ0) is 16.5. The molecule has 0 aliphatic carbocycles. The second-order valence-corrected chi connectivity index (χ2v) is 4.71. The molecule has 0 radical (unpaired) electrons. The Morgan fingerprint density at radius 2 is 2.00 bits per heavy atom. The molecule has 1 N–H and O–H groups in total. The number of hydrogen-bond acceptors (Lipinski definition) is 3. The lowest BCUT2D eigenvalue weighted by atomic mass is 10.1. The molecule has 0 bridgehead atoms. The van der Waals surface area contributed by atoms with E-state index >= 15 is 0 Å². The van der Waals surface area contributed by atoms with Crippen molar-refractivity contribution in [2.45, 2.75) is 13.0 Å². The Morgan fingerprint density at radius 3 is 2.55 bits per heavy atom. The van der Waals surface area contributed by atoms with Gasteiger partial charge in [0.2, 0.25) is 5.91 Å². The molecular formula is C17H19N3O2. The van der Waals surface area contributed by atoms with Crippen molar-refractivity contribution in [2.75, 3.05) is 13.1 Å². The summed E-state index contributed by atoms with van der Waals surface area (Å²) in [5.41, 5.74) is 0.740. The van der Waals surface area contributed by atoms with Crippen LogP contribution in [0, 0.1) is 11.3 Å². The predicted molar refractivity (Wildman–Crippen MR) is 85.1 cm³/mol. The quantitative estimate of drug-likeness (QED) is 0.781. The molecule has 0 saturated heterocycles. The minimum Gasteiger partial charge on any atom is -0.341 e. The molecule has 1 rings (SSSR count). The van der Waals surface area contributed by atoms with Crippen LogP contribution in [-0.4, -0.2) is 35.8 Å². The lowest BCUT2D eigenvalue weighted by molar-refractivity contribution is -0.131. The first kappa shape index (κ1) is 17.2. The molecule has 1 aromatic carbocycles. The van der Waals surface area contributed by atoms with Crippen molar-refractivity contribution in [2.24, 2.45) is 0 Å². The SMILES string of the molecule is C=CCN(CC=C)C(=O)C(C)NC(=O)c1cccc(C#N)c1. The molecule has 5 nitrogen and oxygen atoms in total. The van der Waals surface area contributed by atoms with Gasteiger partial charge in [-0.2, -0.15) is 5.26 Å². The third kappa shape index (κ3) is 4.60. The van der Waals surface area contributed by atoms with E-state index in [2.05, 4.69) is 18.5 Å². The molecular weight excluding hydrogens is 278 g/mol. The molecule has 0 heterocycles. The van der Waals surface area contributed by atoms with Crippen molar-refractivity contribution in [3.8, 4) is 6.07 Å². The van der Waals surface area contributed by atoms with E-state index in [0.29, 0.717) is 24.2 Å². The molecule has 22 heavy (non-hydrogen) atoms. The first-order valence-electron chi connectivity index (χ1n) is 6.85. The maximum absolute atomic E-state index is 12.3. The van der Waals surface area contributed by atoms with Gasteiger partial charge in [-0.3, -0.25) is 9.59 Å². The number of nitrogens with one attached hydrogen (secondary N) is 1. The minimum atomic E-state index is -0.682. The van der Waals surface area contributed by atoms with Crippen LogP contribution in [0.3, 0.4) is 0 Å². The van der Waals surface area contributed by atoms with E-state index in [1.165, 1.54) is 11.0 Å². The van der Waals surface area contributed by atoms with Crippen molar-refractivity contribution in [1.82, 2.24) is 10.2 Å². The smallest absolute Gasteiger partial charge is 0.251 e. The molecule has 0 aliphatic rings. The summed E-state index contributed by atoms with van der Waals surface area (Å²) in [6.45, 7) is 9.60. The molecule has 0 aromatic heterocycles. The summed E-state index contributed by atoms with van der Waals surface area (Å²) >= 11 is 0.